The van der Waals surface area contributed by atoms with Crippen LogP contribution in [-0.2, 0) is 4.79 Å². The molecule has 0 saturated heterocycles. The zero-order valence-electron chi connectivity index (χ0n) is 12.0. The first-order valence-corrected chi connectivity index (χ1v) is 6.67. The van der Waals surface area contributed by atoms with Gasteiger partial charge in [-0.2, -0.15) is 0 Å². The minimum Gasteiger partial charge on any atom is -0.399 e. The van der Waals surface area contributed by atoms with Gasteiger partial charge < -0.3 is 15.7 Å². The van der Waals surface area contributed by atoms with Crippen LogP contribution in [-0.4, -0.2) is 35.6 Å². The zero-order chi connectivity index (χ0) is 14.4. The van der Waals surface area contributed by atoms with Crippen molar-refractivity contribution in [3.8, 4) is 0 Å². The molecule has 4 heteroatoms. The van der Waals surface area contributed by atoms with Crippen molar-refractivity contribution >= 4 is 11.6 Å². The fraction of sp³-hybridized carbons (Fsp3) is 0.533. The number of aliphatic hydroxyl groups is 1. The molecule has 4 nitrogen and oxygen atoms in total. The van der Waals surface area contributed by atoms with Crippen molar-refractivity contribution in [1.29, 1.82) is 0 Å². The van der Waals surface area contributed by atoms with Gasteiger partial charge in [0.15, 0.2) is 0 Å². The summed E-state index contributed by atoms with van der Waals surface area (Å²) in [5, 5.41) is 9.22. The Morgan fingerprint density at radius 2 is 1.89 bits per heavy atom. The molecule has 0 aliphatic carbocycles. The summed E-state index contributed by atoms with van der Waals surface area (Å²) in [6, 6.07) is 7.63. The van der Waals surface area contributed by atoms with E-state index >= 15 is 0 Å². The van der Waals surface area contributed by atoms with Crippen LogP contribution in [0.2, 0.25) is 0 Å². The van der Waals surface area contributed by atoms with E-state index in [1.807, 2.05) is 31.2 Å². The Morgan fingerprint density at radius 3 is 2.42 bits per heavy atom. The zero-order valence-corrected chi connectivity index (χ0v) is 12.0. The highest BCUT2D eigenvalue weighted by molar-refractivity contribution is 5.76. The summed E-state index contributed by atoms with van der Waals surface area (Å²) >= 11 is 0. The molecule has 0 radical (unpaired) electrons. The first kappa shape index (κ1) is 15.5. The molecule has 0 aliphatic heterocycles. The van der Waals surface area contributed by atoms with Crippen LogP contribution < -0.4 is 5.73 Å². The number of aliphatic hydroxyl groups excluding tert-OH is 1. The Labute approximate surface area is 115 Å². The number of nitrogens with two attached hydrogens (primary N) is 1. The van der Waals surface area contributed by atoms with E-state index in [0.717, 1.165) is 11.3 Å². The van der Waals surface area contributed by atoms with E-state index in [1.54, 1.807) is 18.9 Å². The summed E-state index contributed by atoms with van der Waals surface area (Å²) in [5.74, 6) is 0.270. The van der Waals surface area contributed by atoms with E-state index in [4.69, 9.17) is 5.73 Å². The molecule has 19 heavy (non-hydrogen) atoms. The molecule has 0 bridgehead atoms. The van der Waals surface area contributed by atoms with Gasteiger partial charge >= 0.3 is 0 Å². The Kier molecular flexibility index (Phi) is 5.83. The number of amides is 1. The van der Waals surface area contributed by atoms with Crippen molar-refractivity contribution in [3.63, 3.8) is 0 Å². The van der Waals surface area contributed by atoms with Crippen molar-refractivity contribution < 1.29 is 9.90 Å². The maximum absolute atomic E-state index is 12.0. The quantitative estimate of drug-likeness (QED) is 0.772. The van der Waals surface area contributed by atoms with Crippen LogP contribution >= 0.6 is 0 Å². The molecule has 106 valence electrons. The molecule has 2 unspecified atom stereocenters. The lowest BCUT2D eigenvalue weighted by atomic mass is 9.97. The van der Waals surface area contributed by atoms with Gasteiger partial charge in [-0.3, -0.25) is 4.79 Å². The van der Waals surface area contributed by atoms with Crippen LogP contribution in [0.4, 0.5) is 5.69 Å². The number of nitrogen functional groups attached to an aromatic ring is 1. The Morgan fingerprint density at radius 1 is 1.32 bits per heavy atom. The molecule has 2 atom stereocenters. The number of hydrogen-bond acceptors (Lipinski definition) is 3. The Bertz CT molecular complexity index is 401. The topological polar surface area (TPSA) is 66.6 Å². The van der Waals surface area contributed by atoms with Crippen LogP contribution in [0, 0.1) is 0 Å². The second-order valence-corrected chi connectivity index (χ2v) is 5.22. The molecular weight excluding hydrogens is 240 g/mol. The second kappa shape index (κ2) is 7.14. The van der Waals surface area contributed by atoms with Crippen molar-refractivity contribution in [2.75, 3.05) is 19.3 Å². The summed E-state index contributed by atoms with van der Waals surface area (Å²) in [6.07, 6.45) is 0.711. The summed E-state index contributed by atoms with van der Waals surface area (Å²) in [4.78, 5) is 13.7. The van der Waals surface area contributed by atoms with E-state index in [-0.39, 0.29) is 17.9 Å². The van der Waals surface area contributed by atoms with Crippen LogP contribution in [0.5, 0.6) is 0 Å². The van der Waals surface area contributed by atoms with Crippen molar-refractivity contribution in [2.24, 2.45) is 0 Å². The number of benzene rings is 1. The number of carbonyl (C=O) groups is 1. The third kappa shape index (κ3) is 5.30. The smallest absolute Gasteiger partial charge is 0.222 e. The lowest BCUT2D eigenvalue weighted by molar-refractivity contribution is -0.130. The molecule has 0 heterocycles. The normalized spacial score (nSPS) is 13.9. The minimum atomic E-state index is -0.371. The molecule has 0 saturated carbocycles. The Balaban J connectivity index is 2.49. The van der Waals surface area contributed by atoms with Gasteiger partial charge in [0.2, 0.25) is 5.91 Å². The standard InChI is InChI=1S/C15H24N2O2/c1-11(13-4-6-14(16)7-5-13)10-15(19)17(3)9-8-12(2)18/h4-7,11-12,18H,8-10,16H2,1-3H3. The SMILES string of the molecule is CC(O)CCN(C)C(=O)CC(C)c1ccc(N)cc1. The highest BCUT2D eigenvalue weighted by atomic mass is 16.3. The van der Waals surface area contributed by atoms with Gasteiger partial charge in [0.05, 0.1) is 6.10 Å². The van der Waals surface area contributed by atoms with Crippen LogP contribution in [0.3, 0.4) is 0 Å². The molecule has 1 amide bonds. The van der Waals surface area contributed by atoms with E-state index in [0.29, 0.717) is 19.4 Å². The maximum atomic E-state index is 12.0. The number of hydrogen-bond donors (Lipinski definition) is 2. The van der Waals surface area contributed by atoms with Crippen molar-refractivity contribution in [3.05, 3.63) is 29.8 Å². The molecule has 1 aromatic carbocycles. The highest BCUT2D eigenvalue weighted by Gasteiger charge is 2.15. The van der Waals surface area contributed by atoms with Gasteiger partial charge in [0.1, 0.15) is 0 Å². The van der Waals surface area contributed by atoms with E-state index in [9.17, 15) is 9.90 Å². The maximum Gasteiger partial charge on any atom is 0.222 e. The first-order valence-electron chi connectivity index (χ1n) is 6.67. The molecule has 3 N–H and O–H groups in total. The summed E-state index contributed by atoms with van der Waals surface area (Å²) in [7, 11) is 1.78. The first-order chi connectivity index (χ1) is 8.90. The lowest BCUT2D eigenvalue weighted by Crippen LogP contribution is -2.30. The minimum absolute atomic E-state index is 0.102. The second-order valence-electron chi connectivity index (χ2n) is 5.22. The van der Waals surface area contributed by atoms with Crippen LogP contribution in [0.25, 0.3) is 0 Å². The predicted molar refractivity (Wildman–Crippen MR) is 77.8 cm³/mol. The highest BCUT2D eigenvalue weighted by Crippen LogP contribution is 2.20. The van der Waals surface area contributed by atoms with Crippen molar-refractivity contribution in [2.45, 2.75) is 38.7 Å². The molecular formula is C15H24N2O2. The molecule has 0 aromatic heterocycles. The fourth-order valence-electron chi connectivity index (χ4n) is 1.87. The largest absolute Gasteiger partial charge is 0.399 e. The van der Waals surface area contributed by atoms with Gasteiger partial charge in [-0.05, 0) is 37.0 Å². The van der Waals surface area contributed by atoms with Crippen molar-refractivity contribution in [1.82, 2.24) is 4.90 Å². The van der Waals surface area contributed by atoms with Gasteiger partial charge in [0.25, 0.3) is 0 Å². The summed E-state index contributed by atoms with van der Waals surface area (Å²) in [6.45, 7) is 4.35. The fourth-order valence-corrected chi connectivity index (χ4v) is 1.87. The monoisotopic (exact) mass is 264 g/mol. The molecule has 0 fully saturated rings. The van der Waals surface area contributed by atoms with Gasteiger partial charge in [-0.25, -0.2) is 0 Å². The molecule has 0 aliphatic rings. The van der Waals surface area contributed by atoms with Crippen LogP contribution in [0.1, 0.15) is 38.2 Å². The molecule has 0 spiro atoms. The third-order valence-corrected chi connectivity index (χ3v) is 3.29. The number of rotatable bonds is 6. The third-order valence-electron chi connectivity index (χ3n) is 3.29. The van der Waals surface area contributed by atoms with E-state index in [1.165, 1.54) is 0 Å². The number of anilines is 1. The summed E-state index contributed by atoms with van der Waals surface area (Å²) < 4.78 is 0. The average molecular weight is 264 g/mol. The number of nitrogens with zero attached hydrogens (tertiary/aromatic N) is 1. The number of carbonyl (C=O) groups excluding carboxylic acids is 1. The van der Waals surface area contributed by atoms with E-state index < -0.39 is 0 Å². The van der Waals surface area contributed by atoms with Gasteiger partial charge in [-0.1, -0.05) is 19.1 Å². The molecule has 1 aromatic rings. The Hall–Kier alpha value is -1.55. The predicted octanol–water partition coefficient (Wildman–Crippen LogP) is 1.99. The van der Waals surface area contributed by atoms with Gasteiger partial charge in [0, 0.05) is 25.7 Å². The van der Waals surface area contributed by atoms with E-state index in [2.05, 4.69) is 0 Å². The van der Waals surface area contributed by atoms with Gasteiger partial charge in [-0.15, -0.1) is 0 Å². The average Bonchev–Trinajstić information content (AvgIpc) is 2.36. The molecule has 1 rings (SSSR count). The lowest BCUT2D eigenvalue weighted by Gasteiger charge is -2.20. The van der Waals surface area contributed by atoms with Crippen LogP contribution in [0.15, 0.2) is 24.3 Å². The summed E-state index contributed by atoms with van der Waals surface area (Å²) in [5.41, 5.74) is 7.50.